The Morgan fingerprint density at radius 3 is 2.83 bits per heavy atom. The predicted molar refractivity (Wildman–Crippen MR) is 93.0 cm³/mol. The summed E-state index contributed by atoms with van der Waals surface area (Å²) in [4.78, 5) is 19.9. The molecule has 0 aliphatic heterocycles. The molecule has 5 nitrogen and oxygen atoms in total. The van der Waals surface area contributed by atoms with Crippen LogP contribution < -0.4 is 11.1 Å². The lowest BCUT2D eigenvalue weighted by Gasteiger charge is -2.12. The van der Waals surface area contributed by atoms with E-state index in [0.717, 1.165) is 36.9 Å². The quantitative estimate of drug-likeness (QED) is 0.815. The van der Waals surface area contributed by atoms with Crippen LogP contribution in [0.5, 0.6) is 0 Å². The van der Waals surface area contributed by atoms with Crippen molar-refractivity contribution in [3.63, 3.8) is 0 Å². The van der Waals surface area contributed by atoms with Crippen molar-refractivity contribution in [1.29, 1.82) is 0 Å². The fourth-order valence-electron chi connectivity index (χ4n) is 2.29. The van der Waals surface area contributed by atoms with E-state index in [1.807, 2.05) is 19.9 Å². The van der Waals surface area contributed by atoms with Gasteiger partial charge >= 0.3 is 0 Å². The molecule has 1 atom stereocenters. The highest BCUT2D eigenvalue weighted by Crippen LogP contribution is 2.19. The molecule has 0 bridgehead atoms. The Morgan fingerprint density at radius 1 is 1.33 bits per heavy atom. The topological polar surface area (TPSA) is 80.9 Å². The van der Waals surface area contributed by atoms with Gasteiger partial charge in [0.1, 0.15) is 5.82 Å². The molecule has 0 saturated carbocycles. The standard InChI is InChI=1S/C18H23FN4O/c1-3-12(2)17(24)23-16-11-13(7-8-15(16)19)5-4-6-14-9-10-21-18(20)22-14/h7-12H,3-6H2,1-2H3,(H,23,24)(H2,20,21,22). The van der Waals surface area contributed by atoms with Gasteiger partial charge in [0.15, 0.2) is 0 Å². The zero-order valence-electron chi connectivity index (χ0n) is 14.1. The Balaban J connectivity index is 1.96. The highest BCUT2D eigenvalue weighted by Gasteiger charge is 2.13. The number of amides is 1. The van der Waals surface area contributed by atoms with Gasteiger partial charge < -0.3 is 11.1 Å². The monoisotopic (exact) mass is 330 g/mol. The van der Waals surface area contributed by atoms with Crippen molar-refractivity contribution in [3.8, 4) is 0 Å². The molecule has 2 rings (SSSR count). The second kappa shape index (κ2) is 8.38. The molecule has 1 aromatic heterocycles. The Bertz CT molecular complexity index is 705. The highest BCUT2D eigenvalue weighted by atomic mass is 19.1. The molecule has 0 saturated heterocycles. The zero-order chi connectivity index (χ0) is 17.5. The van der Waals surface area contributed by atoms with Crippen molar-refractivity contribution >= 4 is 17.5 Å². The number of aromatic nitrogens is 2. The van der Waals surface area contributed by atoms with Gasteiger partial charge in [0.2, 0.25) is 11.9 Å². The average Bonchev–Trinajstić information content (AvgIpc) is 2.57. The summed E-state index contributed by atoms with van der Waals surface area (Å²) >= 11 is 0. The molecule has 2 aromatic rings. The molecule has 0 fully saturated rings. The van der Waals surface area contributed by atoms with Crippen LogP contribution in [0.15, 0.2) is 30.5 Å². The minimum Gasteiger partial charge on any atom is -0.368 e. The number of nitrogens with two attached hydrogens (primary N) is 1. The van der Waals surface area contributed by atoms with E-state index in [1.54, 1.807) is 18.3 Å². The minimum absolute atomic E-state index is 0.142. The second-order valence-electron chi connectivity index (χ2n) is 5.87. The van der Waals surface area contributed by atoms with Crippen molar-refractivity contribution in [1.82, 2.24) is 9.97 Å². The largest absolute Gasteiger partial charge is 0.368 e. The highest BCUT2D eigenvalue weighted by molar-refractivity contribution is 5.92. The number of benzene rings is 1. The number of nitrogens with one attached hydrogen (secondary N) is 1. The number of carbonyl (C=O) groups is 1. The Hall–Kier alpha value is -2.50. The lowest BCUT2D eigenvalue weighted by Crippen LogP contribution is -2.20. The average molecular weight is 330 g/mol. The summed E-state index contributed by atoms with van der Waals surface area (Å²) in [5, 5.41) is 2.67. The number of nitrogen functional groups attached to an aromatic ring is 1. The summed E-state index contributed by atoms with van der Waals surface area (Å²) in [7, 11) is 0. The first-order valence-electron chi connectivity index (χ1n) is 8.16. The first-order chi connectivity index (χ1) is 11.5. The van der Waals surface area contributed by atoms with E-state index in [4.69, 9.17) is 5.73 Å². The van der Waals surface area contributed by atoms with Gasteiger partial charge in [-0.2, -0.15) is 0 Å². The van der Waals surface area contributed by atoms with Gasteiger partial charge in [-0.15, -0.1) is 0 Å². The SMILES string of the molecule is CCC(C)C(=O)Nc1cc(CCCc2ccnc(N)n2)ccc1F. The number of rotatable bonds is 7. The van der Waals surface area contributed by atoms with E-state index in [0.29, 0.717) is 0 Å². The first-order valence-corrected chi connectivity index (χ1v) is 8.16. The molecule has 0 aliphatic rings. The van der Waals surface area contributed by atoms with Crippen LogP contribution in [0, 0.1) is 11.7 Å². The van der Waals surface area contributed by atoms with Gasteiger partial charge in [-0.05, 0) is 49.4 Å². The maximum absolute atomic E-state index is 13.9. The molecule has 1 heterocycles. The molecule has 128 valence electrons. The molecule has 3 N–H and O–H groups in total. The van der Waals surface area contributed by atoms with E-state index < -0.39 is 5.82 Å². The van der Waals surface area contributed by atoms with Crippen molar-refractivity contribution in [3.05, 3.63) is 47.5 Å². The molecule has 0 radical (unpaired) electrons. The number of halogens is 1. The number of aryl methyl sites for hydroxylation is 2. The maximum Gasteiger partial charge on any atom is 0.227 e. The first kappa shape index (κ1) is 17.8. The van der Waals surface area contributed by atoms with Gasteiger partial charge in [0.05, 0.1) is 5.69 Å². The van der Waals surface area contributed by atoms with Crippen molar-refractivity contribution in [2.45, 2.75) is 39.5 Å². The summed E-state index contributed by atoms with van der Waals surface area (Å²) in [6.45, 7) is 3.75. The van der Waals surface area contributed by atoms with Crippen LogP contribution in [0.25, 0.3) is 0 Å². The third kappa shape index (κ3) is 5.01. The fraction of sp³-hybridized carbons (Fsp3) is 0.389. The molecule has 1 amide bonds. The summed E-state index contributed by atoms with van der Waals surface area (Å²) in [6.07, 6.45) is 4.73. The van der Waals surface area contributed by atoms with Crippen LogP contribution in [-0.2, 0) is 17.6 Å². The third-order valence-electron chi connectivity index (χ3n) is 3.98. The maximum atomic E-state index is 13.9. The van der Waals surface area contributed by atoms with Gasteiger partial charge in [-0.25, -0.2) is 14.4 Å². The normalized spacial score (nSPS) is 12.0. The number of carbonyl (C=O) groups excluding carboxylic acids is 1. The third-order valence-corrected chi connectivity index (χ3v) is 3.98. The molecule has 1 aromatic carbocycles. The molecular weight excluding hydrogens is 307 g/mol. The predicted octanol–water partition coefficient (Wildman–Crippen LogP) is 3.36. The van der Waals surface area contributed by atoms with Crippen LogP contribution in [0.3, 0.4) is 0 Å². The van der Waals surface area contributed by atoms with E-state index in [1.165, 1.54) is 6.07 Å². The van der Waals surface area contributed by atoms with Crippen LogP contribution >= 0.6 is 0 Å². The van der Waals surface area contributed by atoms with Gasteiger partial charge in [0.25, 0.3) is 0 Å². The van der Waals surface area contributed by atoms with Crippen LogP contribution in [0.1, 0.15) is 37.9 Å². The molecule has 0 spiro atoms. The zero-order valence-corrected chi connectivity index (χ0v) is 14.1. The smallest absolute Gasteiger partial charge is 0.227 e. The van der Waals surface area contributed by atoms with Crippen LogP contribution in [-0.4, -0.2) is 15.9 Å². The minimum atomic E-state index is -0.418. The summed E-state index contributed by atoms with van der Waals surface area (Å²) in [6, 6.07) is 6.66. The number of hydrogen-bond acceptors (Lipinski definition) is 4. The number of hydrogen-bond donors (Lipinski definition) is 2. The molecule has 24 heavy (non-hydrogen) atoms. The number of nitrogens with zero attached hydrogens (tertiary/aromatic N) is 2. The summed E-state index contributed by atoms with van der Waals surface area (Å²) < 4.78 is 13.9. The van der Waals surface area contributed by atoms with Crippen molar-refractivity contribution in [2.75, 3.05) is 11.1 Å². The Labute approximate surface area is 141 Å². The molecule has 6 heteroatoms. The molecular formula is C18H23FN4O. The number of anilines is 2. The van der Waals surface area contributed by atoms with E-state index >= 15 is 0 Å². The van der Waals surface area contributed by atoms with Crippen LogP contribution in [0.2, 0.25) is 0 Å². The van der Waals surface area contributed by atoms with E-state index in [9.17, 15) is 9.18 Å². The fourth-order valence-corrected chi connectivity index (χ4v) is 2.29. The summed E-state index contributed by atoms with van der Waals surface area (Å²) in [5.41, 5.74) is 7.65. The molecule has 0 aliphatic carbocycles. The lowest BCUT2D eigenvalue weighted by atomic mass is 10.0. The van der Waals surface area contributed by atoms with Gasteiger partial charge in [-0.1, -0.05) is 19.9 Å². The molecule has 1 unspecified atom stereocenters. The van der Waals surface area contributed by atoms with Crippen LogP contribution in [0.4, 0.5) is 16.0 Å². The Kier molecular flexibility index (Phi) is 6.23. The van der Waals surface area contributed by atoms with Crippen molar-refractivity contribution < 1.29 is 9.18 Å². The Morgan fingerprint density at radius 2 is 2.12 bits per heavy atom. The summed E-state index contributed by atoms with van der Waals surface area (Å²) in [5.74, 6) is -0.454. The lowest BCUT2D eigenvalue weighted by molar-refractivity contribution is -0.119. The van der Waals surface area contributed by atoms with E-state index in [2.05, 4.69) is 15.3 Å². The van der Waals surface area contributed by atoms with Gasteiger partial charge in [-0.3, -0.25) is 4.79 Å². The van der Waals surface area contributed by atoms with Gasteiger partial charge in [0, 0.05) is 17.8 Å². The van der Waals surface area contributed by atoms with E-state index in [-0.39, 0.29) is 23.5 Å². The van der Waals surface area contributed by atoms with Crippen molar-refractivity contribution in [2.24, 2.45) is 5.92 Å². The second-order valence-corrected chi connectivity index (χ2v) is 5.87.